The molecule has 0 aromatic heterocycles. The normalized spacial score (nSPS) is 15.5. The number of halogens is 1. The van der Waals surface area contributed by atoms with Gasteiger partial charge in [-0.15, -0.1) is 0 Å². The average Bonchev–Trinajstić information content (AvgIpc) is 3.31. The Bertz CT molecular complexity index is 505. The monoisotopic (exact) mass is 289 g/mol. The zero-order chi connectivity index (χ0) is 15.2. The van der Waals surface area contributed by atoms with E-state index in [1.165, 1.54) is 6.07 Å². The lowest BCUT2D eigenvalue weighted by atomic mass is 10.0. The lowest BCUT2D eigenvalue weighted by Gasteiger charge is -2.29. The Morgan fingerprint density at radius 2 is 2.24 bits per heavy atom. The second-order valence-corrected chi connectivity index (χ2v) is 5.69. The number of hydrogen-bond acceptors (Lipinski definition) is 3. The quantitative estimate of drug-likeness (QED) is 0.792. The lowest BCUT2D eigenvalue weighted by Crippen LogP contribution is -2.30. The van der Waals surface area contributed by atoms with Crippen molar-refractivity contribution in [2.75, 3.05) is 18.0 Å². The summed E-state index contributed by atoms with van der Waals surface area (Å²) in [6.45, 7) is 5.72. The summed E-state index contributed by atoms with van der Waals surface area (Å²) in [6, 6.07) is 7.97. The van der Waals surface area contributed by atoms with E-state index in [-0.39, 0.29) is 11.9 Å². The van der Waals surface area contributed by atoms with Crippen LogP contribution in [-0.2, 0) is 0 Å². The van der Waals surface area contributed by atoms with Crippen molar-refractivity contribution in [3.8, 4) is 6.07 Å². The minimum atomic E-state index is -0.178. The van der Waals surface area contributed by atoms with Gasteiger partial charge in [-0.3, -0.25) is 0 Å². The van der Waals surface area contributed by atoms with Crippen LogP contribution in [-0.4, -0.2) is 19.1 Å². The van der Waals surface area contributed by atoms with Gasteiger partial charge in [0, 0.05) is 18.6 Å². The molecule has 1 fully saturated rings. The van der Waals surface area contributed by atoms with Crippen molar-refractivity contribution in [2.24, 2.45) is 0 Å². The number of nitriles is 1. The molecule has 1 saturated carbocycles. The van der Waals surface area contributed by atoms with Gasteiger partial charge >= 0.3 is 0 Å². The number of hydrogen-bond donors (Lipinski definition) is 1. The standard InChI is InChI=1S/C17H24FN3/c1-3-11-20-13(2)15-6-4-7-16(18)17(15)21(12-5-10-19)14-8-9-14/h4,6-7,13-14,20H,3,5,8-9,11-12H2,1-2H3. The molecule has 0 heterocycles. The summed E-state index contributed by atoms with van der Waals surface area (Å²) in [5.74, 6) is -0.178. The summed E-state index contributed by atoms with van der Waals surface area (Å²) in [4.78, 5) is 2.10. The summed E-state index contributed by atoms with van der Waals surface area (Å²) < 4.78 is 14.4. The minimum absolute atomic E-state index is 0.110. The fraction of sp³-hybridized carbons (Fsp3) is 0.588. The lowest BCUT2D eigenvalue weighted by molar-refractivity contribution is 0.557. The molecule has 1 N–H and O–H groups in total. The fourth-order valence-electron chi connectivity index (χ4n) is 2.69. The molecule has 2 rings (SSSR count). The van der Waals surface area contributed by atoms with E-state index in [1.54, 1.807) is 6.07 Å². The summed E-state index contributed by atoms with van der Waals surface area (Å²) in [7, 11) is 0. The molecular formula is C17H24FN3. The summed E-state index contributed by atoms with van der Waals surface area (Å²) in [5.41, 5.74) is 1.68. The average molecular weight is 289 g/mol. The van der Waals surface area contributed by atoms with Gasteiger partial charge in [0.1, 0.15) is 5.82 Å². The maximum atomic E-state index is 14.4. The first-order chi connectivity index (χ1) is 10.2. The highest BCUT2D eigenvalue weighted by molar-refractivity contribution is 5.58. The molecule has 0 radical (unpaired) electrons. The zero-order valence-corrected chi connectivity index (χ0v) is 12.9. The van der Waals surface area contributed by atoms with E-state index in [2.05, 4.69) is 30.1 Å². The van der Waals surface area contributed by atoms with Gasteiger partial charge in [-0.05, 0) is 44.4 Å². The van der Waals surface area contributed by atoms with Crippen LogP contribution in [0.3, 0.4) is 0 Å². The molecule has 0 aliphatic heterocycles. The first kappa shape index (κ1) is 15.8. The third kappa shape index (κ3) is 3.95. The predicted octanol–water partition coefficient (Wildman–Crippen LogP) is 3.77. The molecule has 1 atom stereocenters. The minimum Gasteiger partial charge on any atom is -0.365 e. The van der Waals surface area contributed by atoms with Crippen LogP contribution in [0.15, 0.2) is 18.2 Å². The molecule has 1 aliphatic carbocycles. The SMILES string of the molecule is CCCNC(C)c1cccc(F)c1N(CCC#N)C1CC1. The molecule has 1 aromatic carbocycles. The zero-order valence-electron chi connectivity index (χ0n) is 12.9. The summed E-state index contributed by atoms with van der Waals surface area (Å²) in [6.07, 6.45) is 3.67. The third-order valence-electron chi connectivity index (χ3n) is 3.92. The highest BCUT2D eigenvalue weighted by Crippen LogP contribution is 2.37. The highest BCUT2D eigenvalue weighted by Gasteiger charge is 2.32. The van der Waals surface area contributed by atoms with E-state index >= 15 is 0 Å². The van der Waals surface area contributed by atoms with Crippen LogP contribution in [0, 0.1) is 17.1 Å². The third-order valence-corrected chi connectivity index (χ3v) is 3.92. The molecule has 0 saturated heterocycles. The van der Waals surface area contributed by atoms with Gasteiger partial charge in [-0.2, -0.15) is 5.26 Å². The first-order valence-electron chi connectivity index (χ1n) is 7.84. The Morgan fingerprint density at radius 1 is 1.48 bits per heavy atom. The van der Waals surface area contributed by atoms with Gasteiger partial charge in [0.2, 0.25) is 0 Å². The van der Waals surface area contributed by atoms with Crippen molar-refractivity contribution in [1.29, 1.82) is 5.26 Å². The maximum Gasteiger partial charge on any atom is 0.146 e. The first-order valence-corrected chi connectivity index (χ1v) is 7.84. The predicted molar refractivity (Wildman–Crippen MR) is 83.7 cm³/mol. The van der Waals surface area contributed by atoms with Gasteiger partial charge in [-0.25, -0.2) is 4.39 Å². The second-order valence-electron chi connectivity index (χ2n) is 5.69. The topological polar surface area (TPSA) is 39.1 Å². The van der Waals surface area contributed by atoms with E-state index in [9.17, 15) is 4.39 Å². The molecule has 1 aliphatic rings. The van der Waals surface area contributed by atoms with Crippen molar-refractivity contribution < 1.29 is 4.39 Å². The van der Waals surface area contributed by atoms with E-state index in [4.69, 9.17) is 5.26 Å². The maximum absolute atomic E-state index is 14.4. The molecule has 4 heteroatoms. The number of nitrogens with one attached hydrogen (secondary N) is 1. The van der Waals surface area contributed by atoms with Crippen molar-refractivity contribution >= 4 is 5.69 Å². The van der Waals surface area contributed by atoms with E-state index in [0.29, 0.717) is 24.7 Å². The Hall–Kier alpha value is -1.60. The smallest absolute Gasteiger partial charge is 0.146 e. The van der Waals surface area contributed by atoms with Crippen LogP contribution in [0.4, 0.5) is 10.1 Å². The molecule has 1 aromatic rings. The molecule has 3 nitrogen and oxygen atoms in total. The van der Waals surface area contributed by atoms with Crippen LogP contribution >= 0.6 is 0 Å². The van der Waals surface area contributed by atoms with Crippen LogP contribution in [0.1, 0.15) is 51.1 Å². The number of anilines is 1. The molecule has 114 valence electrons. The fourth-order valence-corrected chi connectivity index (χ4v) is 2.69. The summed E-state index contributed by atoms with van der Waals surface area (Å²) >= 11 is 0. The van der Waals surface area contributed by atoms with Gasteiger partial charge in [0.15, 0.2) is 0 Å². The highest BCUT2D eigenvalue weighted by atomic mass is 19.1. The number of nitrogens with zero attached hydrogens (tertiary/aromatic N) is 2. The number of benzene rings is 1. The van der Waals surface area contributed by atoms with Gasteiger partial charge < -0.3 is 10.2 Å². The Kier molecular flexibility index (Phi) is 5.58. The number of rotatable bonds is 8. The van der Waals surface area contributed by atoms with E-state index < -0.39 is 0 Å². The van der Waals surface area contributed by atoms with Crippen LogP contribution in [0.2, 0.25) is 0 Å². The largest absolute Gasteiger partial charge is 0.365 e. The Morgan fingerprint density at radius 3 is 2.86 bits per heavy atom. The van der Waals surface area contributed by atoms with Gasteiger partial charge in [0.25, 0.3) is 0 Å². The van der Waals surface area contributed by atoms with Gasteiger partial charge in [0.05, 0.1) is 18.2 Å². The van der Waals surface area contributed by atoms with Crippen molar-refractivity contribution in [3.63, 3.8) is 0 Å². The summed E-state index contributed by atoms with van der Waals surface area (Å²) in [5, 5.41) is 12.3. The van der Waals surface area contributed by atoms with Crippen LogP contribution in [0.25, 0.3) is 0 Å². The van der Waals surface area contributed by atoms with Crippen LogP contribution < -0.4 is 10.2 Å². The molecule has 0 bridgehead atoms. The second kappa shape index (κ2) is 7.42. The molecule has 1 unspecified atom stereocenters. The van der Waals surface area contributed by atoms with Crippen molar-refractivity contribution in [1.82, 2.24) is 5.32 Å². The van der Waals surface area contributed by atoms with Crippen molar-refractivity contribution in [3.05, 3.63) is 29.6 Å². The Labute approximate surface area is 126 Å². The molecule has 0 amide bonds. The van der Waals surface area contributed by atoms with Crippen molar-refractivity contribution in [2.45, 2.75) is 51.6 Å². The van der Waals surface area contributed by atoms with E-state index in [0.717, 1.165) is 31.4 Å². The molecular weight excluding hydrogens is 265 g/mol. The molecule has 21 heavy (non-hydrogen) atoms. The Balaban J connectivity index is 2.29. The molecule has 0 spiro atoms. The van der Waals surface area contributed by atoms with Crippen LogP contribution in [0.5, 0.6) is 0 Å². The van der Waals surface area contributed by atoms with Gasteiger partial charge in [-0.1, -0.05) is 19.1 Å². The van der Waals surface area contributed by atoms with E-state index in [1.807, 2.05) is 6.07 Å². The number of para-hydroxylation sites is 1.